The second-order valence-electron chi connectivity index (χ2n) is 9.86. The van der Waals surface area contributed by atoms with Gasteiger partial charge in [-0.25, -0.2) is 0 Å². The number of fused-ring (bicyclic) bond motifs is 10. The molecule has 0 saturated carbocycles. The molecular weight excluding hydrogens is 426 g/mol. The summed E-state index contributed by atoms with van der Waals surface area (Å²) in [5, 5.41) is 8.93. The molecule has 2 heterocycles. The fourth-order valence-corrected chi connectivity index (χ4v) is 6.11. The smallest absolute Gasteiger partial charge is 0.134 e. The molecule has 0 fully saturated rings. The molecule has 8 rings (SSSR count). The van der Waals surface area contributed by atoms with Crippen molar-refractivity contribution < 1.29 is 4.42 Å². The summed E-state index contributed by atoms with van der Waals surface area (Å²) in [7, 11) is 0. The van der Waals surface area contributed by atoms with E-state index in [-0.39, 0.29) is 0 Å². The summed E-state index contributed by atoms with van der Waals surface area (Å²) < 4.78 is 6.27. The van der Waals surface area contributed by atoms with Gasteiger partial charge < -0.3 is 9.40 Å². The standard InChI is InChI=1S/C33H23NO/c1-19-7-6-12-25-27-17-21(14-16-30(27)35-33(19)25)26-18-29-32(24-11-5-4-10-23(24)26)31-22-9-3-2-8-20(22)13-15-28(31)34-29/h2-6,8-19,34H,7H2,1H3. The van der Waals surface area contributed by atoms with Gasteiger partial charge in [-0.1, -0.05) is 79.7 Å². The Morgan fingerprint density at radius 3 is 2.46 bits per heavy atom. The van der Waals surface area contributed by atoms with Crippen molar-refractivity contribution >= 4 is 60.4 Å². The minimum atomic E-state index is 0.421. The number of allylic oxidation sites excluding steroid dienone is 1. The fraction of sp³-hybridized carbons (Fsp3) is 0.0909. The summed E-state index contributed by atoms with van der Waals surface area (Å²) in [6.45, 7) is 2.24. The number of aromatic nitrogens is 1. The summed E-state index contributed by atoms with van der Waals surface area (Å²) in [6.07, 6.45) is 5.54. The van der Waals surface area contributed by atoms with Crippen LogP contribution in [0.4, 0.5) is 0 Å². The number of hydrogen-bond acceptors (Lipinski definition) is 1. The maximum Gasteiger partial charge on any atom is 0.134 e. The van der Waals surface area contributed by atoms with Crippen LogP contribution >= 0.6 is 0 Å². The van der Waals surface area contributed by atoms with Crippen molar-refractivity contribution in [2.45, 2.75) is 19.3 Å². The van der Waals surface area contributed by atoms with Gasteiger partial charge in [0, 0.05) is 38.7 Å². The van der Waals surface area contributed by atoms with E-state index in [1.165, 1.54) is 65.4 Å². The van der Waals surface area contributed by atoms with E-state index < -0.39 is 0 Å². The summed E-state index contributed by atoms with van der Waals surface area (Å²) in [5.41, 5.74) is 7.03. The first-order chi connectivity index (χ1) is 17.3. The van der Waals surface area contributed by atoms with E-state index in [1.54, 1.807) is 0 Å². The van der Waals surface area contributed by atoms with Crippen molar-refractivity contribution in [1.82, 2.24) is 4.98 Å². The summed E-state index contributed by atoms with van der Waals surface area (Å²) in [6, 6.07) is 30.9. The van der Waals surface area contributed by atoms with Crippen LogP contribution in [-0.2, 0) is 0 Å². The molecule has 0 amide bonds. The molecule has 1 unspecified atom stereocenters. The summed E-state index contributed by atoms with van der Waals surface area (Å²) in [4.78, 5) is 3.73. The second-order valence-corrected chi connectivity index (χ2v) is 9.86. The topological polar surface area (TPSA) is 28.9 Å². The van der Waals surface area contributed by atoms with Gasteiger partial charge in [-0.2, -0.15) is 0 Å². The van der Waals surface area contributed by atoms with E-state index >= 15 is 0 Å². The van der Waals surface area contributed by atoms with Crippen LogP contribution in [-0.4, -0.2) is 4.98 Å². The SMILES string of the molecule is CC1CC=Cc2c1oc1ccc(-c3cc4[nH]c5ccc6ccccc6c5c4c4ccccc34)cc21. The molecule has 1 aliphatic carbocycles. The Labute approximate surface area is 202 Å². The van der Waals surface area contributed by atoms with Gasteiger partial charge in [-0.15, -0.1) is 0 Å². The maximum atomic E-state index is 6.27. The van der Waals surface area contributed by atoms with Crippen LogP contribution in [0.15, 0.2) is 95.4 Å². The number of aromatic amines is 1. The van der Waals surface area contributed by atoms with Gasteiger partial charge in [-0.05, 0) is 63.4 Å². The molecule has 35 heavy (non-hydrogen) atoms. The Kier molecular flexibility index (Phi) is 3.74. The molecule has 0 saturated heterocycles. The van der Waals surface area contributed by atoms with E-state index in [9.17, 15) is 0 Å². The Bertz CT molecular complexity index is 2000. The van der Waals surface area contributed by atoms with E-state index in [0.717, 1.165) is 17.8 Å². The van der Waals surface area contributed by atoms with E-state index in [4.69, 9.17) is 4.42 Å². The fourth-order valence-electron chi connectivity index (χ4n) is 6.11. The van der Waals surface area contributed by atoms with Crippen LogP contribution in [0.3, 0.4) is 0 Å². The summed E-state index contributed by atoms with van der Waals surface area (Å²) >= 11 is 0. The van der Waals surface area contributed by atoms with Crippen LogP contribution in [0, 0.1) is 0 Å². The predicted molar refractivity (Wildman–Crippen MR) is 148 cm³/mol. The van der Waals surface area contributed by atoms with Crippen LogP contribution in [0.1, 0.15) is 30.6 Å². The van der Waals surface area contributed by atoms with Crippen molar-refractivity contribution in [3.05, 3.63) is 102 Å². The average molecular weight is 450 g/mol. The average Bonchev–Trinajstić information content (AvgIpc) is 3.47. The van der Waals surface area contributed by atoms with Gasteiger partial charge in [0.2, 0.25) is 0 Å². The Hall–Kier alpha value is -4.30. The molecule has 7 aromatic rings. The van der Waals surface area contributed by atoms with Gasteiger partial charge >= 0.3 is 0 Å². The van der Waals surface area contributed by atoms with Crippen molar-refractivity contribution in [3.63, 3.8) is 0 Å². The molecule has 0 spiro atoms. The molecule has 0 aliphatic heterocycles. The first kappa shape index (κ1) is 19.1. The zero-order valence-electron chi connectivity index (χ0n) is 19.4. The molecule has 1 N–H and O–H groups in total. The number of furan rings is 1. The molecule has 5 aromatic carbocycles. The maximum absolute atomic E-state index is 6.27. The Morgan fingerprint density at radius 1 is 0.743 bits per heavy atom. The van der Waals surface area contributed by atoms with Crippen LogP contribution in [0.5, 0.6) is 0 Å². The lowest BCUT2D eigenvalue weighted by molar-refractivity contribution is 0.504. The third-order valence-corrected chi connectivity index (χ3v) is 7.78. The lowest BCUT2D eigenvalue weighted by atomic mass is 9.91. The van der Waals surface area contributed by atoms with Gasteiger partial charge in [0.05, 0.1) is 0 Å². The first-order valence-electron chi connectivity index (χ1n) is 12.3. The number of hydrogen-bond donors (Lipinski definition) is 1. The lowest BCUT2D eigenvalue weighted by Crippen LogP contribution is -1.95. The van der Waals surface area contributed by atoms with E-state index in [1.807, 2.05) is 0 Å². The lowest BCUT2D eigenvalue weighted by Gasteiger charge is -2.11. The van der Waals surface area contributed by atoms with Crippen LogP contribution < -0.4 is 0 Å². The quantitative estimate of drug-likeness (QED) is 0.266. The highest BCUT2D eigenvalue weighted by Crippen LogP contribution is 2.43. The minimum absolute atomic E-state index is 0.421. The van der Waals surface area contributed by atoms with Crippen molar-refractivity contribution in [2.75, 3.05) is 0 Å². The molecule has 2 nitrogen and oxygen atoms in total. The third-order valence-electron chi connectivity index (χ3n) is 7.78. The van der Waals surface area contributed by atoms with Gasteiger partial charge in [-0.3, -0.25) is 0 Å². The number of benzene rings is 5. The molecular formula is C33H23NO. The molecule has 0 radical (unpaired) electrons. The first-order valence-corrected chi connectivity index (χ1v) is 12.3. The zero-order valence-corrected chi connectivity index (χ0v) is 19.4. The van der Waals surface area contributed by atoms with E-state index in [2.05, 4.69) is 109 Å². The largest absolute Gasteiger partial charge is 0.460 e. The monoisotopic (exact) mass is 449 g/mol. The molecule has 166 valence electrons. The molecule has 1 atom stereocenters. The van der Waals surface area contributed by atoms with Gasteiger partial charge in [0.1, 0.15) is 11.3 Å². The van der Waals surface area contributed by atoms with Crippen LogP contribution in [0.25, 0.3) is 71.5 Å². The van der Waals surface area contributed by atoms with Gasteiger partial charge in [0.25, 0.3) is 0 Å². The highest BCUT2D eigenvalue weighted by Gasteiger charge is 2.21. The minimum Gasteiger partial charge on any atom is -0.460 e. The Morgan fingerprint density at radius 2 is 1.54 bits per heavy atom. The number of H-pyrrole nitrogens is 1. The zero-order chi connectivity index (χ0) is 23.1. The highest BCUT2D eigenvalue weighted by atomic mass is 16.3. The molecule has 1 aliphatic rings. The van der Waals surface area contributed by atoms with Gasteiger partial charge in [0.15, 0.2) is 0 Å². The normalized spacial score (nSPS) is 15.6. The van der Waals surface area contributed by atoms with Crippen molar-refractivity contribution in [2.24, 2.45) is 0 Å². The molecule has 0 bridgehead atoms. The van der Waals surface area contributed by atoms with Crippen molar-refractivity contribution in [3.8, 4) is 11.1 Å². The summed E-state index contributed by atoms with van der Waals surface area (Å²) in [5.74, 6) is 1.53. The van der Waals surface area contributed by atoms with Crippen molar-refractivity contribution in [1.29, 1.82) is 0 Å². The molecule has 2 heteroatoms. The van der Waals surface area contributed by atoms with Crippen LogP contribution in [0.2, 0.25) is 0 Å². The predicted octanol–water partition coefficient (Wildman–Crippen LogP) is 9.56. The second kappa shape index (κ2) is 6.86. The number of rotatable bonds is 1. The highest BCUT2D eigenvalue weighted by molar-refractivity contribution is 6.29. The number of nitrogens with one attached hydrogen (secondary N) is 1. The Balaban J connectivity index is 1.47. The van der Waals surface area contributed by atoms with E-state index in [0.29, 0.717) is 5.92 Å². The third kappa shape index (κ3) is 2.60. The molecule has 2 aromatic heterocycles.